The summed E-state index contributed by atoms with van der Waals surface area (Å²) in [6, 6.07) is 27.4. The largest absolute Gasteiger partial charge is 0.455 e. The molecule has 142 valence electrons. The molecule has 2 nitrogen and oxygen atoms in total. The maximum absolute atomic E-state index is 6.16. The molecule has 0 radical (unpaired) electrons. The summed E-state index contributed by atoms with van der Waals surface area (Å²) in [5, 5.41) is 2.27. The Morgan fingerprint density at radius 1 is 0.690 bits per heavy atom. The van der Waals surface area contributed by atoms with Crippen LogP contribution in [-0.4, -0.2) is 4.98 Å². The van der Waals surface area contributed by atoms with E-state index >= 15 is 0 Å². The fourth-order valence-corrected chi connectivity index (χ4v) is 3.84. The van der Waals surface area contributed by atoms with E-state index in [0.717, 1.165) is 38.8 Å². The molecule has 0 amide bonds. The Bertz CT molecular complexity index is 1300. The average molecular weight is 377 g/mol. The maximum Gasteiger partial charge on any atom is 0.144 e. The van der Waals surface area contributed by atoms with Gasteiger partial charge in [-0.05, 0) is 34.7 Å². The molecule has 0 saturated heterocycles. The fraction of sp³-hybridized carbons (Fsp3) is 0.148. The van der Waals surface area contributed by atoms with Crippen molar-refractivity contribution in [2.45, 2.75) is 26.2 Å². The standard InChI is InChI=1S/C27H23NO/c1-27(2,3)20-14-11-18(12-15-20)19-13-16-24(28-17-19)23-9-6-8-22-21-7-4-5-10-25(21)29-26(22)23/h4-17H,1-3H3. The number of rotatable bonds is 2. The van der Waals surface area contributed by atoms with Crippen LogP contribution in [0.5, 0.6) is 0 Å². The Kier molecular flexibility index (Phi) is 4.02. The number of pyridine rings is 1. The monoisotopic (exact) mass is 377 g/mol. The van der Waals surface area contributed by atoms with E-state index in [2.05, 4.69) is 81.4 Å². The lowest BCUT2D eigenvalue weighted by Crippen LogP contribution is -2.10. The molecule has 0 aliphatic rings. The Morgan fingerprint density at radius 3 is 2.14 bits per heavy atom. The Hall–Kier alpha value is -3.39. The summed E-state index contributed by atoms with van der Waals surface area (Å²) in [6.07, 6.45) is 1.95. The van der Waals surface area contributed by atoms with Gasteiger partial charge in [0, 0.05) is 28.1 Å². The Morgan fingerprint density at radius 2 is 1.41 bits per heavy atom. The van der Waals surface area contributed by atoms with Crippen LogP contribution in [0.2, 0.25) is 0 Å². The van der Waals surface area contributed by atoms with E-state index in [1.165, 1.54) is 11.1 Å². The van der Waals surface area contributed by atoms with Crippen molar-refractivity contribution in [2.75, 3.05) is 0 Å². The van der Waals surface area contributed by atoms with Crippen LogP contribution in [0.25, 0.3) is 44.3 Å². The predicted molar refractivity (Wildman–Crippen MR) is 121 cm³/mol. The van der Waals surface area contributed by atoms with Crippen LogP contribution in [0, 0.1) is 0 Å². The molecule has 2 aromatic heterocycles. The highest BCUT2D eigenvalue weighted by Crippen LogP contribution is 2.35. The minimum Gasteiger partial charge on any atom is -0.455 e. The van der Waals surface area contributed by atoms with E-state index in [4.69, 9.17) is 9.40 Å². The molecule has 0 aliphatic carbocycles. The lowest BCUT2D eigenvalue weighted by molar-refractivity contribution is 0.590. The van der Waals surface area contributed by atoms with E-state index in [-0.39, 0.29) is 5.41 Å². The predicted octanol–water partition coefficient (Wildman–Crippen LogP) is 7.61. The molecule has 0 aliphatic heterocycles. The molecule has 0 N–H and O–H groups in total. The first-order valence-corrected chi connectivity index (χ1v) is 9.98. The number of nitrogens with zero attached hydrogens (tertiary/aromatic N) is 1. The molecule has 2 heteroatoms. The van der Waals surface area contributed by atoms with Crippen LogP contribution >= 0.6 is 0 Å². The van der Waals surface area contributed by atoms with E-state index < -0.39 is 0 Å². The van der Waals surface area contributed by atoms with Gasteiger partial charge < -0.3 is 4.42 Å². The molecule has 5 aromatic rings. The first-order chi connectivity index (χ1) is 14.0. The number of aromatic nitrogens is 1. The fourth-order valence-electron chi connectivity index (χ4n) is 3.84. The van der Waals surface area contributed by atoms with Gasteiger partial charge >= 0.3 is 0 Å². The topological polar surface area (TPSA) is 26.0 Å². The zero-order valence-corrected chi connectivity index (χ0v) is 16.9. The van der Waals surface area contributed by atoms with Crippen molar-refractivity contribution in [3.05, 3.63) is 90.6 Å². The Balaban J connectivity index is 1.54. The van der Waals surface area contributed by atoms with Crippen LogP contribution in [0.1, 0.15) is 26.3 Å². The zero-order valence-electron chi connectivity index (χ0n) is 16.9. The molecular formula is C27H23NO. The van der Waals surface area contributed by atoms with Gasteiger partial charge in [-0.25, -0.2) is 0 Å². The molecule has 5 rings (SSSR count). The number of furan rings is 1. The molecule has 0 atom stereocenters. The smallest absolute Gasteiger partial charge is 0.144 e. The van der Waals surface area contributed by atoms with E-state index in [0.29, 0.717) is 0 Å². The zero-order chi connectivity index (χ0) is 20.0. The van der Waals surface area contributed by atoms with Gasteiger partial charge in [0.25, 0.3) is 0 Å². The highest BCUT2D eigenvalue weighted by atomic mass is 16.3. The molecule has 0 unspecified atom stereocenters. The van der Waals surface area contributed by atoms with Crippen LogP contribution in [0.4, 0.5) is 0 Å². The summed E-state index contributed by atoms with van der Waals surface area (Å²) in [7, 11) is 0. The SMILES string of the molecule is CC(C)(C)c1ccc(-c2ccc(-c3cccc4c3oc3ccccc34)nc2)cc1. The van der Waals surface area contributed by atoms with Crippen LogP contribution in [0.3, 0.4) is 0 Å². The van der Waals surface area contributed by atoms with Gasteiger partial charge in [0.15, 0.2) is 0 Å². The quantitative estimate of drug-likeness (QED) is 0.316. The van der Waals surface area contributed by atoms with Crippen molar-refractivity contribution in [3.8, 4) is 22.4 Å². The number of hydrogen-bond donors (Lipinski definition) is 0. The third-order valence-corrected chi connectivity index (χ3v) is 5.53. The highest BCUT2D eigenvalue weighted by Gasteiger charge is 2.14. The first-order valence-electron chi connectivity index (χ1n) is 9.98. The van der Waals surface area contributed by atoms with Crippen molar-refractivity contribution in [2.24, 2.45) is 0 Å². The summed E-state index contributed by atoms with van der Waals surface area (Å²) in [5.74, 6) is 0. The Labute approximate surface area is 170 Å². The summed E-state index contributed by atoms with van der Waals surface area (Å²) in [4.78, 5) is 4.76. The minimum atomic E-state index is 0.159. The van der Waals surface area contributed by atoms with Gasteiger partial charge in [0.2, 0.25) is 0 Å². The normalized spacial score (nSPS) is 12.0. The van der Waals surface area contributed by atoms with E-state index in [9.17, 15) is 0 Å². The second-order valence-electron chi connectivity index (χ2n) is 8.54. The average Bonchev–Trinajstić information content (AvgIpc) is 3.12. The van der Waals surface area contributed by atoms with Crippen LogP contribution in [0.15, 0.2) is 89.5 Å². The third-order valence-electron chi connectivity index (χ3n) is 5.53. The lowest BCUT2D eigenvalue weighted by atomic mass is 9.86. The third kappa shape index (κ3) is 3.11. The van der Waals surface area contributed by atoms with Gasteiger partial charge in [0.1, 0.15) is 11.2 Å². The number of benzene rings is 3. The molecule has 0 saturated carbocycles. The van der Waals surface area contributed by atoms with E-state index in [1.807, 2.05) is 24.4 Å². The summed E-state index contributed by atoms with van der Waals surface area (Å²) < 4.78 is 6.16. The highest BCUT2D eigenvalue weighted by molar-refractivity contribution is 6.09. The maximum atomic E-state index is 6.16. The minimum absolute atomic E-state index is 0.159. The van der Waals surface area contributed by atoms with Gasteiger partial charge in [-0.15, -0.1) is 0 Å². The van der Waals surface area contributed by atoms with Crippen molar-refractivity contribution in [1.29, 1.82) is 0 Å². The lowest BCUT2D eigenvalue weighted by Gasteiger charge is -2.19. The second-order valence-corrected chi connectivity index (χ2v) is 8.54. The summed E-state index contributed by atoms with van der Waals surface area (Å²) >= 11 is 0. The van der Waals surface area contributed by atoms with Gasteiger partial charge in [0.05, 0.1) is 5.69 Å². The first kappa shape index (κ1) is 17.7. The van der Waals surface area contributed by atoms with Crippen molar-refractivity contribution >= 4 is 21.9 Å². The number of hydrogen-bond acceptors (Lipinski definition) is 2. The van der Waals surface area contributed by atoms with E-state index in [1.54, 1.807) is 0 Å². The second kappa shape index (κ2) is 6.59. The molecule has 3 aromatic carbocycles. The van der Waals surface area contributed by atoms with Crippen molar-refractivity contribution in [1.82, 2.24) is 4.98 Å². The molecule has 29 heavy (non-hydrogen) atoms. The molecule has 2 heterocycles. The van der Waals surface area contributed by atoms with Gasteiger partial charge in [-0.3, -0.25) is 4.98 Å². The molecular weight excluding hydrogens is 354 g/mol. The van der Waals surface area contributed by atoms with Crippen molar-refractivity contribution < 1.29 is 4.42 Å². The van der Waals surface area contributed by atoms with Crippen LogP contribution < -0.4 is 0 Å². The van der Waals surface area contributed by atoms with Gasteiger partial charge in [-0.2, -0.15) is 0 Å². The molecule has 0 spiro atoms. The number of para-hydroxylation sites is 2. The van der Waals surface area contributed by atoms with Gasteiger partial charge in [-0.1, -0.05) is 81.4 Å². The molecule has 0 fully saturated rings. The number of fused-ring (bicyclic) bond motifs is 3. The summed E-state index contributed by atoms with van der Waals surface area (Å²) in [6.45, 7) is 6.70. The summed E-state index contributed by atoms with van der Waals surface area (Å²) in [5.41, 5.74) is 7.53. The molecule has 0 bridgehead atoms. The van der Waals surface area contributed by atoms with Crippen molar-refractivity contribution in [3.63, 3.8) is 0 Å². The van der Waals surface area contributed by atoms with Crippen LogP contribution in [-0.2, 0) is 5.41 Å².